The lowest BCUT2D eigenvalue weighted by atomic mass is 9.92. The number of nitrogens with two attached hydrogens (primary N) is 1. The van der Waals surface area contributed by atoms with Crippen LogP contribution in [0.4, 0.5) is 16.3 Å². The molecule has 8 heteroatoms. The zero-order chi connectivity index (χ0) is 20.0. The van der Waals surface area contributed by atoms with Crippen molar-refractivity contribution in [2.45, 2.75) is 32.4 Å². The monoisotopic (exact) mass is 371 g/mol. The predicted molar refractivity (Wildman–Crippen MR) is 105 cm³/mol. The largest absolute Gasteiger partial charge is 0.478 e. The van der Waals surface area contributed by atoms with Crippen LogP contribution in [0.5, 0.6) is 0 Å². The van der Waals surface area contributed by atoms with Gasteiger partial charge >= 0.3 is 6.03 Å². The minimum Gasteiger partial charge on any atom is -0.478 e. The zero-order valence-corrected chi connectivity index (χ0v) is 15.6. The lowest BCUT2D eigenvalue weighted by Crippen LogP contribution is -2.43. The van der Waals surface area contributed by atoms with Crippen LogP contribution in [0.3, 0.4) is 0 Å². The molecule has 8 nitrogen and oxygen atoms in total. The Bertz CT molecular complexity index is 803. The molecule has 0 bridgehead atoms. The standard InChI is InChI=1S/C19H25N5O3/c1-4-27-17(21)13-11-22-15(10-14(13)20)23-18(25)24-16(19(2,3)26)12-8-6-5-7-9-12/h5-11,16,21,26H,4H2,1-3H3,(H4,20,22,23,24,25)/t16-/m0/s1. The first kappa shape index (κ1) is 20.2. The number of aromatic nitrogens is 1. The van der Waals surface area contributed by atoms with Gasteiger partial charge in [0.1, 0.15) is 5.82 Å². The number of ether oxygens (including phenoxy) is 1. The first-order valence-electron chi connectivity index (χ1n) is 8.54. The second kappa shape index (κ2) is 8.50. The number of hydrogen-bond acceptors (Lipinski definition) is 6. The van der Waals surface area contributed by atoms with Crippen molar-refractivity contribution >= 4 is 23.4 Å². The SMILES string of the molecule is CCOC(=N)c1cnc(NC(=O)N[C@@H](c2ccccc2)C(C)(C)O)cc1N. The lowest BCUT2D eigenvalue weighted by Gasteiger charge is -2.30. The second-order valence-corrected chi connectivity index (χ2v) is 6.51. The molecule has 0 radical (unpaired) electrons. The molecule has 0 aliphatic carbocycles. The molecule has 2 rings (SSSR count). The van der Waals surface area contributed by atoms with Crippen LogP contribution in [0.2, 0.25) is 0 Å². The normalized spacial score (nSPS) is 12.1. The Kier molecular flexibility index (Phi) is 6.36. The smallest absolute Gasteiger partial charge is 0.320 e. The van der Waals surface area contributed by atoms with Gasteiger partial charge in [0.25, 0.3) is 0 Å². The Labute approximate surface area is 158 Å². The van der Waals surface area contributed by atoms with Gasteiger partial charge in [-0.25, -0.2) is 9.78 Å². The number of hydrogen-bond donors (Lipinski definition) is 5. The Hall–Kier alpha value is -3.13. The molecule has 1 aromatic carbocycles. The third kappa shape index (κ3) is 5.42. The maximum Gasteiger partial charge on any atom is 0.320 e. The zero-order valence-electron chi connectivity index (χ0n) is 15.6. The summed E-state index contributed by atoms with van der Waals surface area (Å²) in [5.74, 6) is 0.144. The van der Waals surface area contributed by atoms with E-state index in [1.54, 1.807) is 20.8 Å². The van der Waals surface area contributed by atoms with Crippen molar-refractivity contribution < 1.29 is 14.6 Å². The van der Waals surface area contributed by atoms with Crippen LogP contribution in [-0.2, 0) is 4.74 Å². The number of nitrogens with zero attached hydrogens (tertiary/aromatic N) is 1. The summed E-state index contributed by atoms with van der Waals surface area (Å²) in [5.41, 5.74) is 6.12. The average molecular weight is 371 g/mol. The van der Waals surface area contributed by atoms with Crippen LogP contribution >= 0.6 is 0 Å². The highest BCUT2D eigenvalue weighted by atomic mass is 16.5. The van der Waals surface area contributed by atoms with Crippen molar-refractivity contribution in [2.75, 3.05) is 17.7 Å². The van der Waals surface area contributed by atoms with Crippen LogP contribution < -0.4 is 16.4 Å². The minimum atomic E-state index is -1.18. The van der Waals surface area contributed by atoms with Gasteiger partial charge in [-0.1, -0.05) is 30.3 Å². The first-order valence-corrected chi connectivity index (χ1v) is 8.54. The highest BCUT2D eigenvalue weighted by Gasteiger charge is 2.30. The molecule has 1 heterocycles. The molecule has 0 fully saturated rings. The van der Waals surface area contributed by atoms with Crippen LogP contribution in [0.1, 0.15) is 37.9 Å². The van der Waals surface area contributed by atoms with Gasteiger partial charge < -0.3 is 20.9 Å². The van der Waals surface area contributed by atoms with Crippen molar-refractivity contribution in [2.24, 2.45) is 0 Å². The number of nitrogen functional groups attached to an aromatic ring is 1. The van der Waals surface area contributed by atoms with E-state index in [9.17, 15) is 9.90 Å². The summed E-state index contributed by atoms with van der Waals surface area (Å²) in [5, 5.41) is 23.5. The van der Waals surface area contributed by atoms with E-state index < -0.39 is 17.7 Å². The number of rotatable bonds is 6. The Morgan fingerprint density at radius 3 is 2.59 bits per heavy atom. The van der Waals surface area contributed by atoms with Gasteiger partial charge in [0.2, 0.25) is 5.90 Å². The number of amides is 2. The van der Waals surface area contributed by atoms with E-state index in [1.807, 2.05) is 30.3 Å². The van der Waals surface area contributed by atoms with E-state index in [2.05, 4.69) is 15.6 Å². The minimum absolute atomic E-state index is 0.0790. The Morgan fingerprint density at radius 1 is 1.37 bits per heavy atom. The topological polar surface area (TPSA) is 133 Å². The number of urea groups is 1. The quantitative estimate of drug-likeness (QED) is 0.393. The number of aliphatic hydroxyl groups is 1. The average Bonchev–Trinajstić information content (AvgIpc) is 2.59. The predicted octanol–water partition coefficient (Wildman–Crippen LogP) is 2.66. The number of pyridine rings is 1. The van der Waals surface area contributed by atoms with Gasteiger partial charge in [0.05, 0.1) is 23.8 Å². The molecular weight excluding hydrogens is 346 g/mol. The highest BCUT2D eigenvalue weighted by Crippen LogP contribution is 2.25. The van der Waals surface area contributed by atoms with Crippen molar-refractivity contribution in [3.8, 4) is 0 Å². The van der Waals surface area contributed by atoms with Gasteiger partial charge in [-0.15, -0.1) is 0 Å². The third-order valence-electron chi connectivity index (χ3n) is 3.83. The van der Waals surface area contributed by atoms with E-state index in [0.717, 1.165) is 5.56 Å². The third-order valence-corrected chi connectivity index (χ3v) is 3.83. The molecule has 2 amide bonds. The van der Waals surface area contributed by atoms with E-state index in [0.29, 0.717) is 12.2 Å². The van der Waals surface area contributed by atoms with Gasteiger partial charge in [-0.05, 0) is 26.3 Å². The maximum atomic E-state index is 12.4. The summed E-state index contributed by atoms with van der Waals surface area (Å²) in [6, 6.07) is 9.47. The van der Waals surface area contributed by atoms with Gasteiger partial charge in [0.15, 0.2) is 0 Å². The number of carbonyl (C=O) groups excluding carboxylic acids is 1. The van der Waals surface area contributed by atoms with Crippen molar-refractivity contribution in [3.63, 3.8) is 0 Å². The fourth-order valence-electron chi connectivity index (χ4n) is 2.55. The van der Waals surface area contributed by atoms with Gasteiger partial charge in [-0.2, -0.15) is 0 Å². The number of anilines is 2. The van der Waals surface area contributed by atoms with Crippen LogP contribution in [0, 0.1) is 5.41 Å². The molecule has 0 unspecified atom stereocenters. The maximum absolute atomic E-state index is 12.4. The van der Waals surface area contributed by atoms with E-state index in [-0.39, 0.29) is 17.4 Å². The summed E-state index contributed by atoms with van der Waals surface area (Å²) < 4.78 is 5.10. The second-order valence-electron chi connectivity index (χ2n) is 6.51. The molecule has 6 N–H and O–H groups in total. The summed E-state index contributed by atoms with van der Waals surface area (Å²) in [6.07, 6.45) is 1.37. The van der Waals surface area contributed by atoms with Crippen LogP contribution in [0.25, 0.3) is 0 Å². The summed E-state index contributed by atoms with van der Waals surface area (Å²) in [4.78, 5) is 16.5. The van der Waals surface area contributed by atoms with E-state index >= 15 is 0 Å². The Balaban J connectivity index is 2.12. The number of nitrogens with one attached hydrogen (secondary N) is 3. The highest BCUT2D eigenvalue weighted by molar-refractivity contribution is 5.97. The number of carbonyl (C=O) groups is 1. The summed E-state index contributed by atoms with van der Waals surface area (Å²) in [7, 11) is 0. The molecule has 0 aliphatic heterocycles. The molecule has 1 aromatic heterocycles. The molecule has 2 aromatic rings. The summed E-state index contributed by atoms with van der Waals surface area (Å²) in [6.45, 7) is 5.35. The van der Waals surface area contributed by atoms with Crippen LogP contribution in [0.15, 0.2) is 42.6 Å². The molecule has 0 aliphatic rings. The molecule has 27 heavy (non-hydrogen) atoms. The first-order chi connectivity index (χ1) is 12.7. The van der Waals surface area contributed by atoms with Gasteiger partial charge in [0, 0.05) is 18.0 Å². The number of benzene rings is 1. The molecular formula is C19H25N5O3. The molecule has 0 saturated carbocycles. The van der Waals surface area contributed by atoms with Gasteiger partial charge in [-0.3, -0.25) is 10.7 Å². The van der Waals surface area contributed by atoms with Crippen molar-refractivity contribution in [1.82, 2.24) is 10.3 Å². The summed E-state index contributed by atoms with van der Waals surface area (Å²) >= 11 is 0. The molecule has 1 atom stereocenters. The molecule has 144 valence electrons. The van der Waals surface area contributed by atoms with E-state index in [1.165, 1.54) is 12.3 Å². The fourth-order valence-corrected chi connectivity index (χ4v) is 2.55. The lowest BCUT2D eigenvalue weighted by molar-refractivity contribution is 0.0415. The van der Waals surface area contributed by atoms with Crippen LogP contribution in [-0.4, -0.2) is 34.2 Å². The van der Waals surface area contributed by atoms with Crippen molar-refractivity contribution in [3.05, 3.63) is 53.7 Å². The fraction of sp³-hybridized carbons (Fsp3) is 0.316. The van der Waals surface area contributed by atoms with Crippen molar-refractivity contribution in [1.29, 1.82) is 5.41 Å². The molecule has 0 spiro atoms. The Morgan fingerprint density at radius 2 is 2.04 bits per heavy atom. The molecule has 0 saturated heterocycles. The van der Waals surface area contributed by atoms with E-state index in [4.69, 9.17) is 15.9 Å².